The summed E-state index contributed by atoms with van der Waals surface area (Å²) in [6, 6.07) is 25.1. The van der Waals surface area contributed by atoms with Crippen LogP contribution in [0.25, 0.3) is 43.7 Å². The van der Waals surface area contributed by atoms with Crippen LogP contribution in [0.15, 0.2) is 78.3 Å². The number of nitrogens with two attached hydrogens (primary N) is 1. The number of benzene rings is 3. The van der Waals surface area contributed by atoms with E-state index in [0.717, 1.165) is 43.7 Å². The lowest BCUT2D eigenvalue weighted by atomic mass is 9.85. The van der Waals surface area contributed by atoms with Gasteiger partial charge < -0.3 is 5.73 Å². The van der Waals surface area contributed by atoms with E-state index in [2.05, 4.69) is 84.5 Å². The van der Waals surface area contributed by atoms with Gasteiger partial charge in [0.15, 0.2) is 5.82 Å². The van der Waals surface area contributed by atoms with E-state index in [4.69, 9.17) is 5.73 Å². The first-order chi connectivity index (χ1) is 15.4. The molecule has 3 aromatic carbocycles. The molecule has 4 nitrogen and oxygen atoms in total. The van der Waals surface area contributed by atoms with E-state index in [-0.39, 0.29) is 5.41 Å². The van der Waals surface area contributed by atoms with Gasteiger partial charge in [0.1, 0.15) is 5.69 Å². The van der Waals surface area contributed by atoms with E-state index in [1.807, 2.05) is 29.8 Å². The largest absolute Gasteiger partial charge is 0.382 e. The molecule has 2 N–H and O–H groups in total. The summed E-state index contributed by atoms with van der Waals surface area (Å²) < 4.78 is 1.12. The molecule has 0 unspecified atom stereocenters. The van der Waals surface area contributed by atoms with Crippen molar-refractivity contribution in [3.63, 3.8) is 0 Å². The molecule has 0 saturated heterocycles. The Labute approximate surface area is 191 Å². The maximum Gasteiger partial charge on any atom is 0.154 e. The van der Waals surface area contributed by atoms with Crippen molar-refractivity contribution in [2.75, 3.05) is 5.73 Å². The summed E-state index contributed by atoms with van der Waals surface area (Å²) in [5.74, 6) is 0.420. The molecule has 5 aromatic rings. The third-order valence-corrected chi connectivity index (χ3v) is 6.50. The summed E-state index contributed by atoms with van der Waals surface area (Å²) in [5.41, 5.74) is 16.5. The molecule has 158 valence electrons. The van der Waals surface area contributed by atoms with Crippen LogP contribution in [0.3, 0.4) is 0 Å². The van der Waals surface area contributed by atoms with Crippen molar-refractivity contribution in [3.8, 4) is 33.5 Å². The number of thiazole rings is 1. The predicted octanol–water partition coefficient (Wildman–Crippen LogP) is 6.97. The predicted molar refractivity (Wildman–Crippen MR) is 135 cm³/mol. The van der Waals surface area contributed by atoms with Crippen LogP contribution < -0.4 is 5.73 Å². The van der Waals surface area contributed by atoms with Crippen LogP contribution in [-0.2, 0) is 5.41 Å². The number of nitrogens with zero attached hydrogens (tertiary/aromatic N) is 3. The number of nitrogen functional groups attached to an aromatic ring is 1. The van der Waals surface area contributed by atoms with Crippen LogP contribution in [0, 0.1) is 0 Å². The van der Waals surface area contributed by atoms with E-state index in [0.29, 0.717) is 5.82 Å². The second kappa shape index (κ2) is 7.84. The Hall–Kier alpha value is -3.57. The first-order valence-electron chi connectivity index (χ1n) is 10.6. The van der Waals surface area contributed by atoms with Crippen LogP contribution >= 0.6 is 11.3 Å². The fraction of sp³-hybridized carbons (Fsp3) is 0.148. The molecule has 0 aliphatic rings. The third-order valence-electron chi connectivity index (χ3n) is 5.71. The van der Waals surface area contributed by atoms with Crippen molar-refractivity contribution in [2.45, 2.75) is 26.2 Å². The highest BCUT2D eigenvalue weighted by atomic mass is 32.1. The topological polar surface area (TPSA) is 64.7 Å². The molecule has 0 saturated carbocycles. The van der Waals surface area contributed by atoms with Crippen LogP contribution in [-0.4, -0.2) is 15.2 Å². The van der Waals surface area contributed by atoms with Gasteiger partial charge in [-0.3, -0.25) is 0 Å². The van der Waals surface area contributed by atoms with Gasteiger partial charge in [0, 0.05) is 16.7 Å². The SMILES string of the molecule is CC(C)(C)c1ccc(-c2c(-c3ccccc3)nnc(N)c2-c2ccc3ncsc3c2)cc1. The van der Waals surface area contributed by atoms with Crippen LogP contribution in [0.5, 0.6) is 0 Å². The molecule has 0 radical (unpaired) electrons. The van der Waals surface area contributed by atoms with E-state index in [1.54, 1.807) is 11.3 Å². The highest BCUT2D eigenvalue weighted by Gasteiger charge is 2.21. The quantitative estimate of drug-likeness (QED) is 0.332. The molecule has 2 aromatic heterocycles. The monoisotopic (exact) mass is 436 g/mol. The molecule has 0 aliphatic carbocycles. The zero-order valence-electron chi connectivity index (χ0n) is 18.3. The fourth-order valence-corrected chi connectivity index (χ4v) is 4.69. The molecule has 5 heteroatoms. The fourth-order valence-electron chi connectivity index (χ4n) is 3.97. The van der Waals surface area contributed by atoms with Gasteiger partial charge in [-0.1, -0.05) is 81.4 Å². The highest BCUT2D eigenvalue weighted by molar-refractivity contribution is 7.16. The molecule has 0 fully saturated rings. The number of aromatic nitrogens is 3. The lowest BCUT2D eigenvalue weighted by molar-refractivity contribution is 0.590. The molecule has 0 spiro atoms. The zero-order valence-corrected chi connectivity index (χ0v) is 19.1. The minimum Gasteiger partial charge on any atom is -0.382 e. The van der Waals surface area contributed by atoms with Gasteiger partial charge in [-0.25, -0.2) is 4.98 Å². The molecule has 5 rings (SSSR count). The summed E-state index contributed by atoms with van der Waals surface area (Å²) >= 11 is 1.62. The Morgan fingerprint density at radius 3 is 2.19 bits per heavy atom. The van der Waals surface area contributed by atoms with Crippen molar-refractivity contribution >= 4 is 27.4 Å². The summed E-state index contributed by atoms with van der Waals surface area (Å²) in [4.78, 5) is 4.41. The molecule has 0 amide bonds. The van der Waals surface area contributed by atoms with Gasteiger partial charge in [0.25, 0.3) is 0 Å². The Bertz CT molecular complexity index is 1400. The minimum atomic E-state index is 0.0797. The first-order valence-corrected chi connectivity index (χ1v) is 11.5. The summed E-state index contributed by atoms with van der Waals surface area (Å²) in [5, 5.41) is 8.91. The molecule has 32 heavy (non-hydrogen) atoms. The molecule has 2 heterocycles. The normalized spacial score (nSPS) is 11.7. The Balaban J connectivity index is 1.80. The third kappa shape index (κ3) is 3.65. The van der Waals surface area contributed by atoms with Crippen molar-refractivity contribution < 1.29 is 0 Å². The Morgan fingerprint density at radius 1 is 0.750 bits per heavy atom. The molecular weight excluding hydrogens is 412 g/mol. The highest BCUT2D eigenvalue weighted by Crippen LogP contribution is 2.42. The summed E-state index contributed by atoms with van der Waals surface area (Å²) in [6.45, 7) is 6.66. The molecule has 0 aliphatic heterocycles. The lowest BCUT2D eigenvalue weighted by Crippen LogP contribution is -2.10. The van der Waals surface area contributed by atoms with Gasteiger partial charge in [-0.15, -0.1) is 21.5 Å². The Morgan fingerprint density at radius 2 is 1.47 bits per heavy atom. The van der Waals surface area contributed by atoms with Gasteiger partial charge in [0.05, 0.1) is 15.7 Å². The number of anilines is 1. The van der Waals surface area contributed by atoms with E-state index >= 15 is 0 Å². The van der Waals surface area contributed by atoms with Gasteiger partial charge in [0.2, 0.25) is 0 Å². The Kier molecular flexibility index (Phi) is 4.98. The average Bonchev–Trinajstić information content (AvgIpc) is 3.27. The number of fused-ring (bicyclic) bond motifs is 1. The first kappa shape index (κ1) is 20.3. The summed E-state index contributed by atoms with van der Waals surface area (Å²) in [7, 11) is 0. The van der Waals surface area contributed by atoms with Gasteiger partial charge in [-0.2, -0.15) is 0 Å². The maximum atomic E-state index is 6.47. The van der Waals surface area contributed by atoms with Gasteiger partial charge in [-0.05, 0) is 34.2 Å². The van der Waals surface area contributed by atoms with E-state index in [9.17, 15) is 0 Å². The lowest BCUT2D eigenvalue weighted by Gasteiger charge is -2.20. The zero-order chi connectivity index (χ0) is 22.3. The van der Waals surface area contributed by atoms with E-state index in [1.165, 1.54) is 5.56 Å². The van der Waals surface area contributed by atoms with Crippen molar-refractivity contribution in [2.24, 2.45) is 0 Å². The van der Waals surface area contributed by atoms with E-state index < -0.39 is 0 Å². The van der Waals surface area contributed by atoms with Crippen LogP contribution in [0.4, 0.5) is 5.82 Å². The molecular formula is C27H24N4S. The number of hydrogen-bond acceptors (Lipinski definition) is 5. The molecule has 0 atom stereocenters. The summed E-state index contributed by atoms with van der Waals surface area (Å²) in [6.07, 6.45) is 0. The van der Waals surface area contributed by atoms with Crippen molar-refractivity contribution in [1.82, 2.24) is 15.2 Å². The average molecular weight is 437 g/mol. The smallest absolute Gasteiger partial charge is 0.154 e. The maximum absolute atomic E-state index is 6.47. The second-order valence-electron chi connectivity index (χ2n) is 8.91. The number of rotatable bonds is 3. The second-order valence-corrected chi connectivity index (χ2v) is 9.80. The number of hydrogen-bond donors (Lipinski definition) is 1. The van der Waals surface area contributed by atoms with Crippen LogP contribution in [0.2, 0.25) is 0 Å². The standard InChI is InChI=1S/C27H24N4S/c1-27(2,3)20-12-9-17(10-13-20)23-24(19-11-14-21-22(15-19)32-16-29-21)26(28)31-30-25(23)18-7-5-4-6-8-18/h4-16H,1-3H3,(H2,28,31). The van der Waals surface area contributed by atoms with Crippen molar-refractivity contribution in [3.05, 3.63) is 83.9 Å². The molecule has 0 bridgehead atoms. The van der Waals surface area contributed by atoms with Gasteiger partial charge >= 0.3 is 0 Å². The van der Waals surface area contributed by atoms with Crippen LogP contribution in [0.1, 0.15) is 26.3 Å². The minimum absolute atomic E-state index is 0.0797. The van der Waals surface area contributed by atoms with Crippen molar-refractivity contribution in [1.29, 1.82) is 0 Å².